The summed E-state index contributed by atoms with van der Waals surface area (Å²) in [4.78, 5) is 11.5. The highest BCUT2D eigenvalue weighted by Gasteiger charge is 2.12. The summed E-state index contributed by atoms with van der Waals surface area (Å²) in [5.41, 5.74) is 7.54. The molecule has 0 amide bonds. The van der Waals surface area contributed by atoms with Crippen molar-refractivity contribution in [2.75, 3.05) is 38.4 Å². The van der Waals surface area contributed by atoms with Gasteiger partial charge in [0.15, 0.2) is 0 Å². The number of methoxy groups -OCH3 is 2. The molecule has 0 aliphatic heterocycles. The number of benzene rings is 1. The van der Waals surface area contributed by atoms with Crippen molar-refractivity contribution in [2.45, 2.75) is 19.3 Å². The van der Waals surface area contributed by atoms with Gasteiger partial charge in [-0.05, 0) is 31.4 Å². The quantitative estimate of drug-likeness (QED) is 0.429. The lowest BCUT2D eigenvalue weighted by molar-refractivity contribution is 0.0602. The number of unbranched alkanes of at least 4 members (excludes halogenated alkanes) is 2. The molecule has 0 unspecified atom stereocenters. The van der Waals surface area contributed by atoms with Gasteiger partial charge in [-0.3, -0.25) is 0 Å². The molecule has 3 N–H and O–H groups in total. The van der Waals surface area contributed by atoms with Crippen LogP contribution in [-0.2, 0) is 9.47 Å². The zero-order valence-corrected chi connectivity index (χ0v) is 11.6. The molecule has 0 aromatic heterocycles. The van der Waals surface area contributed by atoms with Crippen LogP contribution in [0.1, 0.15) is 29.6 Å². The second kappa shape index (κ2) is 8.37. The van der Waals surface area contributed by atoms with E-state index in [0.29, 0.717) is 11.3 Å². The van der Waals surface area contributed by atoms with E-state index in [4.69, 9.17) is 10.5 Å². The van der Waals surface area contributed by atoms with Gasteiger partial charge in [0.2, 0.25) is 0 Å². The van der Waals surface area contributed by atoms with Crippen LogP contribution in [0.15, 0.2) is 18.2 Å². The van der Waals surface area contributed by atoms with Crippen molar-refractivity contribution in [1.29, 1.82) is 0 Å². The zero-order valence-electron chi connectivity index (χ0n) is 11.6. The molecular weight excluding hydrogens is 244 g/mol. The number of ether oxygens (including phenoxy) is 2. The van der Waals surface area contributed by atoms with Crippen molar-refractivity contribution >= 4 is 17.3 Å². The van der Waals surface area contributed by atoms with E-state index in [0.717, 1.165) is 38.1 Å². The standard InChI is InChI=1S/C14H22N2O3/c1-18-10-5-3-4-9-16-12-8-6-7-11(13(12)15)14(17)19-2/h6-8,16H,3-5,9-10,15H2,1-2H3. The number of para-hydroxylation sites is 1. The van der Waals surface area contributed by atoms with Gasteiger partial charge in [0.25, 0.3) is 0 Å². The maximum Gasteiger partial charge on any atom is 0.340 e. The van der Waals surface area contributed by atoms with Gasteiger partial charge in [0.05, 0.1) is 24.0 Å². The predicted octanol–water partition coefficient (Wildman–Crippen LogP) is 2.28. The highest BCUT2D eigenvalue weighted by atomic mass is 16.5. The van der Waals surface area contributed by atoms with Crippen LogP contribution < -0.4 is 11.1 Å². The average Bonchev–Trinajstić information content (AvgIpc) is 2.43. The molecule has 106 valence electrons. The van der Waals surface area contributed by atoms with Crippen molar-refractivity contribution in [3.05, 3.63) is 23.8 Å². The van der Waals surface area contributed by atoms with Crippen LogP contribution in [0.5, 0.6) is 0 Å². The Morgan fingerprint density at radius 1 is 1.26 bits per heavy atom. The lowest BCUT2D eigenvalue weighted by Crippen LogP contribution is -2.10. The van der Waals surface area contributed by atoms with Crippen LogP contribution in [0, 0.1) is 0 Å². The van der Waals surface area contributed by atoms with Gasteiger partial charge < -0.3 is 20.5 Å². The molecule has 0 heterocycles. The van der Waals surface area contributed by atoms with Gasteiger partial charge in [0.1, 0.15) is 0 Å². The molecule has 19 heavy (non-hydrogen) atoms. The van der Waals surface area contributed by atoms with E-state index < -0.39 is 5.97 Å². The first-order valence-electron chi connectivity index (χ1n) is 6.40. The van der Waals surface area contributed by atoms with E-state index in [1.165, 1.54) is 7.11 Å². The molecule has 0 radical (unpaired) electrons. The first kappa shape index (κ1) is 15.3. The van der Waals surface area contributed by atoms with Crippen LogP contribution in [0.2, 0.25) is 0 Å². The molecule has 1 aromatic rings. The molecule has 0 spiro atoms. The molecule has 0 atom stereocenters. The van der Waals surface area contributed by atoms with E-state index in [2.05, 4.69) is 10.1 Å². The molecule has 0 aliphatic rings. The number of rotatable bonds is 8. The number of hydrogen-bond acceptors (Lipinski definition) is 5. The second-order valence-corrected chi connectivity index (χ2v) is 4.24. The van der Waals surface area contributed by atoms with E-state index in [1.54, 1.807) is 19.2 Å². The van der Waals surface area contributed by atoms with Gasteiger partial charge in [-0.1, -0.05) is 6.07 Å². The molecule has 0 aliphatic carbocycles. The summed E-state index contributed by atoms with van der Waals surface area (Å²) >= 11 is 0. The average molecular weight is 266 g/mol. The first-order valence-corrected chi connectivity index (χ1v) is 6.40. The van der Waals surface area contributed by atoms with Crippen LogP contribution >= 0.6 is 0 Å². The second-order valence-electron chi connectivity index (χ2n) is 4.24. The summed E-state index contributed by atoms with van der Waals surface area (Å²) in [6, 6.07) is 5.30. The summed E-state index contributed by atoms with van der Waals surface area (Å²) in [5, 5.41) is 3.24. The maximum atomic E-state index is 11.5. The van der Waals surface area contributed by atoms with Crippen LogP contribution in [0.25, 0.3) is 0 Å². The normalized spacial score (nSPS) is 10.2. The Bertz CT molecular complexity index is 408. The number of nitrogens with two attached hydrogens (primary N) is 1. The van der Waals surface area contributed by atoms with Gasteiger partial charge in [-0.15, -0.1) is 0 Å². The highest BCUT2D eigenvalue weighted by Crippen LogP contribution is 2.23. The van der Waals surface area contributed by atoms with Crippen molar-refractivity contribution in [2.24, 2.45) is 0 Å². The summed E-state index contributed by atoms with van der Waals surface area (Å²) in [6.45, 7) is 1.61. The molecule has 0 saturated carbocycles. The van der Waals surface area contributed by atoms with E-state index in [-0.39, 0.29) is 0 Å². The number of carbonyl (C=O) groups is 1. The Hall–Kier alpha value is -1.75. The Morgan fingerprint density at radius 3 is 2.74 bits per heavy atom. The smallest absolute Gasteiger partial charge is 0.340 e. The zero-order chi connectivity index (χ0) is 14.1. The summed E-state index contributed by atoms with van der Waals surface area (Å²) in [6.07, 6.45) is 3.18. The Morgan fingerprint density at radius 2 is 2.05 bits per heavy atom. The molecule has 1 rings (SSSR count). The Kier molecular flexibility index (Phi) is 6.74. The molecule has 0 saturated heterocycles. The Balaban J connectivity index is 2.48. The Labute approximate surface area is 114 Å². The first-order chi connectivity index (χ1) is 9.20. The number of nitrogen functional groups attached to an aromatic ring is 1. The van der Waals surface area contributed by atoms with Crippen molar-refractivity contribution in [3.8, 4) is 0 Å². The molecule has 1 aromatic carbocycles. The van der Waals surface area contributed by atoms with Crippen LogP contribution in [-0.4, -0.2) is 33.3 Å². The van der Waals surface area contributed by atoms with Gasteiger partial charge >= 0.3 is 5.97 Å². The van der Waals surface area contributed by atoms with Crippen LogP contribution in [0.3, 0.4) is 0 Å². The molecule has 0 bridgehead atoms. The fourth-order valence-corrected chi connectivity index (χ4v) is 1.78. The third-order valence-corrected chi connectivity index (χ3v) is 2.85. The number of carbonyl (C=O) groups excluding carboxylic acids is 1. The van der Waals surface area contributed by atoms with Gasteiger partial charge in [-0.2, -0.15) is 0 Å². The third kappa shape index (κ3) is 4.79. The van der Waals surface area contributed by atoms with Crippen molar-refractivity contribution in [3.63, 3.8) is 0 Å². The van der Waals surface area contributed by atoms with E-state index >= 15 is 0 Å². The van der Waals surface area contributed by atoms with Gasteiger partial charge in [-0.25, -0.2) is 4.79 Å². The number of anilines is 2. The maximum absolute atomic E-state index is 11.5. The summed E-state index contributed by atoms with van der Waals surface area (Å²) < 4.78 is 9.67. The number of esters is 1. The predicted molar refractivity (Wildman–Crippen MR) is 76.4 cm³/mol. The number of nitrogens with one attached hydrogen (secondary N) is 1. The topological polar surface area (TPSA) is 73.6 Å². The monoisotopic (exact) mass is 266 g/mol. The van der Waals surface area contributed by atoms with Gasteiger partial charge in [0, 0.05) is 20.3 Å². The minimum absolute atomic E-state index is 0.395. The molecule has 0 fully saturated rings. The number of hydrogen-bond donors (Lipinski definition) is 2. The molecule has 5 heteroatoms. The third-order valence-electron chi connectivity index (χ3n) is 2.85. The molecule has 5 nitrogen and oxygen atoms in total. The highest BCUT2D eigenvalue weighted by molar-refractivity contribution is 5.98. The fraction of sp³-hybridized carbons (Fsp3) is 0.500. The lowest BCUT2D eigenvalue weighted by Gasteiger charge is -2.11. The van der Waals surface area contributed by atoms with Crippen molar-refractivity contribution < 1.29 is 14.3 Å². The summed E-state index contributed by atoms with van der Waals surface area (Å²) in [5.74, 6) is -0.416. The largest absolute Gasteiger partial charge is 0.465 e. The summed E-state index contributed by atoms with van der Waals surface area (Å²) in [7, 11) is 3.05. The minimum atomic E-state index is -0.416. The molecular formula is C14H22N2O3. The SMILES string of the molecule is COCCCCCNc1cccc(C(=O)OC)c1N. The van der Waals surface area contributed by atoms with E-state index in [1.807, 2.05) is 6.07 Å². The van der Waals surface area contributed by atoms with E-state index in [9.17, 15) is 4.79 Å². The fourth-order valence-electron chi connectivity index (χ4n) is 1.78. The minimum Gasteiger partial charge on any atom is -0.465 e. The van der Waals surface area contributed by atoms with Crippen LogP contribution in [0.4, 0.5) is 11.4 Å². The lowest BCUT2D eigenvalue weighted by atomic mass is 10.1. The van der Waals surface area contributed by atoms with Crippen molar-refractivity contribution in [1.82, 2.24) is 0 Å².